The normalized spacial score (nSPS) is 16.2. The first-order valence-electron chi connectivity index (χ1n) is 8.95. The van der Waals surface area contributed by atoms with Gasteiger partial charge in [-0.3, -0.25) is 14.7 Å². The van der Waals surface area contributed by atoms with Crippen LogP contribution in [0.2, 0.25) is 0 Å². The number of nitrogens with one attached hydrogen (secondary N) is 2. The molecule has 0 aromatic carbocycles. The number of rotatable bonds is 9. The number of hydrogen-bond donors (Lipinski definition) is 2. The first-order valence-corrected chi connectivity index (χ1v) is 10.8. The first kappa shape index (κ1) is 20.8. The van der Waals surface area contributed by atoms with Crippen LogP contribution in [0.4, 0.5) is 4.79 Å². The number of methoxy groups -OCH3 is 1. The van der Waals surface area contributed by atoms with Crippen molar-refractivity contribution in [2.75, 3.05) is 32.6 Å². The molecule has 0 aliphatic carbocycles. The topological polar surface area (TPSA) is 107 Å². The number of nitrogens with zero attached hydrogens (tertiary/aromatic N) is 3. The molecular formula is C17H23N5O4S2. The van der Waals surface area contributed by atoms with Crippen LogP contribution in [0.3, 0.4) is 0 Å². The summed E-state index contributed by atoms with van der Waals surface area (Å²) in [5.74, 6) is 0.432. The lowest BCUT2D eigenvalue weighted by atomic mass is 10.2. The summed E-state index contributed by atoms with van der Waals surface area (Å²) in [7, 11) is 1.54. The Morgan fingerprint density at radius 1 is 1.46 bits per heavy atom. The Labute approximate surface area is 171 Å². The summed E-state index contributed by atoms with van der Waals surface area (Å²) >= 11 is 2.84. The van der Waals surface area contributed by atoms with E-state index in [2.05, 4.69) is 20.8 Å². The van der Waals surface area contributed by atoms with E-state index in [9.17, 15) is 9.59 Å². The van der Waals surface area contributed by atoms with Crippen LogP contribution in [-0.4, -0.2) is 65.4 Å². The molecule has 0 saturated carbocycles. The van der Waals surface area contributed by atoms with Crippen LogP contribution in [0.15, 0.2) is 22.7 Å². The molecule has 0 bridgehead atoms. The summed E-state index contributed by atoms with van der Waals surface area (Å²) in [4.78, 5) is 24.7. The van der Waals surface area contributed by atoms with Crippen molar-refractivity contribution < 1.29 is 19.1 Å². The van der Waals surface area contributed by atoms with E-state index in [0.29, 0.717) is 24.9 Å². The van der Waals surface area contributed by atoms with Crippen molar-refractivity contribution in [1.29, 1.82) is 0 Å². The standard InChI is InChI=1S/C17H23N5O4S2/c1-25-8-6-18-16(24)19-14(23)11-28-17-21-20-15(13-5-3-9-27-13)22(17)10-12-4-2-7-26-12/h3,5,9,12H,2,4,6-8,10-11H2,1H3,(H2,18,19,23,24). The Morgan fingerprint density at radius 2 is 2.36 bits per heavy atom. The van der Waals surface area contributed by atoms with Crippen molar-refractivity contribution in [2.45, 2.75) is 30.6 Å². The third-order valence-corrected chi connectivity index (χ3v) is 5.88. The maximum absolute atomic E-state index is 12.0. The van der Waals surface area contributed by atoms with Gasteiger partial charge in [0.1, 0.15) is 0 Å². The van der Waals surface area contributed by atoms with Gasteiger partial charge in [0.05, 0.1) is 29.9 Å². The molecule has 9 nitrogen and oxygen atoms in total. The highest BCUT2D eigenvalue weighted by atomic mass is 32.2. The van der Waals surface area contributed by atoms with Crippen molar-refractivity contribution in [3.63, 3.8) is 0 Å². The van der Waals surface area contributed by atoms with Gasteiger partial charge in [0.2, 0.25) is 5.91 Å². The molecule has 28 heavy (non-hydrogen) atoms. The van der Waals surface area contributed by atoms with Crippen molar-refractivity contribution in [2.24, 2.45) is 0 Å². The molecule has 3 heterocycles. The Kier molecular flexibility index (Phi) is 7.83. The molecule has 3 rings (SSSR count). The van der Waals surface area contributed by atoms with E-state index in [4.69, 9.17) is 9.47 Å². The van der Waals surface area contributed by atoms with Gasteiger partial charge in [0.15, 0.2) is 11.0 Å². The molecule has 1 unspecified atom stereocenters. The second kappa shape index (κ2) is 10.6. The minimum Gasteiger partial charge on any atom is -0.383 e. The van der Waals surface area contributed by atoms with E-state index in [1.54, 1.807) is 18.4 Å². The number of imide groups is 1. The van der Waals surface area contributed by atoms with Gasteiger partial charge in [0, 0.05) is 20.3 Å². The SMILES string of the molecule is COCCNC(=O)NC(=O)CSc1nnc(-c2cccs2)n1CC1CCCO1. The molecule has 2 aromatic rings. The summed E-state index contributed by atoms with van der Waals surface area (Å²) in [6.45, 7) is 2.13. The predicted octanol–water partition coefficient (Wildman–Crippen LogP) is 1.75. The summed E-state index contributed by atoms with van der Waals surface area (Å²) < 4.78 is 12.6. The summed E-state index contributed by atoms with van der Waals surface area (Å²) in [5.41, 5.74) is 0. The van der Waals surface area contributed by atoms with Gasteiger partial charge in [-0.25, -0.2) is 4.79 Å². The van der Waals surface area contributed by atoms with E-state index in [1.807, 2.05) is 22.1 Å². The molecule has 152 valence electrons. The van der Waals surface area contributed by atoms with Crippen LogP contribution in [0.5, 0.6) is 0 Å². The van der Waals surface area contributed by atoms with Gasteiger partial charge in [-0.1, -0.05) is 17.8 Å². The molecule has 3 amide bonds. The van der Waals surface area contributed by atoms with Crippen molar-refractivity contribution >= 4 is 35.0 Å². The van der Waals surface area contributed by atoms with E-state index in [1.165, 1.54) is 11.8 Å². The smallest absolute Gasteiger partial charge is 0.321 e. The number of thiophene rings is 1. The molecule has 0 spiro atoms. The van der Waals surface area contributed by atoms with Gasteiger partial charge in [-0.05, 0) is 24.3 Å². The zero-order valence-electron chi connectivity index (χ0n) is 15.6. The van der Waals surface area contributed by atoms with Crippen LogP contribution in [-0.2, 0) is 20.8 Å². The molecule has 1 atom stereocenters. The number of amides is 3. The van der Waals surface area contributed by atoms with E-state index in [-0.39, 0.29) is 11.9 Å². The fourth-order valence-electron chi connectivity index (χ4n) is 2.74. The van der Waals surface area contributed by atoms with Crippen LogP contribution in [0, 0.1) is 0 Å². The zero-order chi connectivity index (χ0) is 19.8. The van der Waals surface area contributed by atoms with E-state index in [0.717, 1.165) is 30.2 Å². The fraction of sp³-hybridized carbons (Fsp3) is 0.529. The van der Waals surface area contributed by atoms with Gasteiger partial charge >= 0.3 is 6.03 Å². The minimum absolute atomic E-state index is 0.0613. The molecule has 1 fully saturated rings. The Morgan fingerprint density at radius 3 is 3.07 bits per heavy atom. The molecule has 1 saturated heterocycles. The van der Waals surface area contributed by atoms with Crippen LogP contribution < -0.4 is 10.6 Å². The van der Waals surface area contributed by atoms with Crippen LogP contribution in [0.25, 0.3) is 10.7 Å². The quantitative estimate of drug-likeness (QED) is 0.465. The highest BCUT2D eigenvalue weighted by Gasteiger charge is 2.22. The Balaban J connectivity index is 1.61. The summed E-state index contributed by atoms with van der Waals surface area (Å²) in [6.07, 6.45) is 2.16. The Hall–Kier alpha value is -1.95. The third kappa shape index (κ3) is 5.77. The van der Waals surface area contributed by atoms with Gasteiger partial charge in [-0.15, -0.1) is 21.5 Å². The maximum atomic E-state index is 12.0. The third-order valence-electron chi connectivity index (χ3n) is 4.05. The predicted molar refractivity (Wildman–Crippen MR) is 106 cm³/mol. The van der Waals surface area contributed by atoms with Crippen molar-refractivity contribution in [3.05, 3.63) is 17.5 Å². The summed E-state index contributed by atoms with van der Waals surface area (Å²) in [5, 5.41) is 16.0. The molecule has 2 aromatic heterocycles. The average Bonchev–Trinajstić information content (AvgIpc) is 3.43. The maximum Gasteiger partial charge on any atom is 0.321 e. The number of ether oxygens (including phenoxy) is 2. The highest BCUT2D eigenvalue weighted by Crippen LogP contribution is 2.28. The number of aromatic nitrogens is 3. The van der Waals surface area contributed by atoms with E-state index >= 15 is 0 Å². The Bertz CT molecular complexity index is 775. The number of carbonyl (C=O) groups excluding carboxylic acids is 2. The minimum atomic E-state index is -0.539. The van der Waals surface area contributed by atoms with Gasteiger partial charge in [-0.2, -0.15) is 0 Å². The number of hydrogen-bond acceptors (Lipinski definition) is 8. The van der Waals surface area contributed by atoms with Crippen LogP contribution in [0.1, 0.15) is 12.8 Å². The molecule has 11 heteroatoms. The second-order valence-electron chi connectivity index (χ2n) is 6.11. The molecule has 2 N–H and O–H groups in total. The number of thioether (sulfide) groups is 1. The zero-order valence-corrected chi connectivity index (χ0v) is 17.2. The molecular weight excluding hydrogens is 402 g/mol. The lowest BCUT2D eigenvalue weighted by molar-refractivity contribution is -0.117. The largest absolute Gasteiger partial charge is 0.383 e. The van der Waals surface area contributed by atoms with Crippen LogP contribution >= 0.6 is 23.1 Å². The molecule has 1 aliphatic rings. The monoisotopic (exact) mass is 425 g/mol. The fourth-order valence-corrected chi connectivity index (χ4v) is 4.21. The average molecular weight is 426 g/mol. The second-order valence-corrected chi connectivity index (χ2v) is 8.00. The first-order chi connectivity index (χ1) is 13.7. The van der Waals surface area contributed by atoms with Crippen molar-refractivity contribution in [3.8, 4) is 10.7 Å². The van der Waals surface area contributed by atoms with Crippen molar-refractivity contribution in [1.82, 2.24) is 25.4 Å². The summed E-state index contributed by atoms with van der Waals surface area (Å²) in [6, 6.07) is 3.42. The highest BCUT2D eigenvalue weighted by molar-refractivity contribution is 7.99. The van der Waals surface area contributed by atoms with E-state index < -0.39 is 11.9 Å². The van der Waals surface area contributed by atoms with Gasteiger partial charge < -0.3 is 14.8 Å². The lowest BCUT2D eigenvalue weighted by Gasteiger charge is -2.14. The number of urea groups is 1. The lowest BCUT2D eigenvalue weighted by Crippen LogP contribution is -2.41. The number of carbonyl (C=O) groups is 2. The molecule has 1 aliphatic heterocycles. The molecule has 0 radical (unpaired) electrons. The van der Waals surface area contributed by atoms with Gasteiger partial charge in [0.25, 0.3) is 0 Å².